The van der Waals surface area contributed by atoms with Crippen molar-refractivity contribution in [3.63, 3.8) is 0 Å². The fraction of sp³-hybridized carbons (Fsp3) is 0.375. The minimum atomic E-state index is -1.28. The molecule has 2 aliphatic rings. The van der Waals surface area contributed by atoms with Gasteiger partial charge in [0.2, 0.25) is 0 Å². The molecule has 3 nitrogen and oxygen atoms in total. The Balaban J connectivity index is 2.00. The molecule has 1 N–H and O–H groups in total. The van der Waals surface area contributed by atoms with Crippen LogP contribution >= 0.6 is 0 Å². The van der Waals surface area contributed by atoms with Crippen LogP contribution in [-0.2, 0) is 4.79 Å². The lowest BCUT2D eigenvalue weighted by molar-refractivity contribution is -0.130. The summed E-state index contributed by atoms with van der Waals surface area (Å²) in [7, 11) is 0. The van der Waals surface area contributed by atoms with E-state index in [1.807, 2.05) is 6.07 Å². The molecule has 2 aliphatic carbocycles. The van der Waals surface area contributed by atoms with Crippen molar-refractivity contribution in [2.75, 3.05) is 0 Å². The summed E-state index contributed by atoms with van der Waals surface area (Å²) in [6.45, 7) is 1.77. The lowest BCUT2D eigenvalue weighted by Crippen LogP contribution is -2.44. The molecule has 0 unspecified atom stereocenters. The van der Waals surface area contributed by atoms with Crippen LogP contribution in [0, 0.1) is 5.41 Å². The third kappa shape index (κ3) is 1.48. The largest absolute Gasteiger partial charge is 0.384 e. The number of carbonyl (C=O) groups is 2. The minimum absolute atomic E-state index is 0.0575. The summed E-state index contributed by atoms with van der Waals surface area (Å²) in [5, 5.41) is 10.8. The first-order valence-corrected chi connectivity index (χ1v) is 6.55. The van der Waals surface area contributed by atoms with Crippen LogP contribution in [-0.4, -0.2) is 22.3 Å². The average Bonchev–Trinajstić information content (AvgIpc) is 2.82. The molecule has 0 saturated heterocycles. The predicted molar refractivity (Wildman–Crippen MR) is 70.8 cm³/mol. The van der Waals surface area contributed by atoms with E-state index in [1.165, 1.54) is 0 Å². The SMILES string of the molecule is C[C@]12CC=C(C(=O)c3ccccc3)[C@@]1(O)CCC2=O. The van der Waals surface area contributed by atoms with Crippen molar-refractivity contribution in [3.8, 4) is 0 Å². The highest BCUT2D eigenvalue weighted by atomic mass is 16.3. The zero-order chi connectivity index (χ0) is 13.7. The Morgan fingerprint density at radius 2 is 1.95 bits per heavy atom. The van der Waals surface area contributed by atoms with Gasteiger partial charge in [-0.3, -0.25) is 9.59 Å². The number of hydrogen-bond acceptors (Lipinski definition) is 3. The van der Waals surface area contributed by atoms with Gasteiger partial charge in [-0.1, -0.05) is 36.4 Å². The molecule has 0 spiro atoms. The van der Waals surface area contributed by atoms with Gasteiger partial charge in [-0.25, -0.2) is 0 Å². The highest BCUT2D eigenvalue weighted by molar-refractivity contribution is 6.12. The van der Waals surface area contributed by atoms with Crippen molar-refractivity contribution in [2.24, 2.45) is 5.41 Å². The predicted octanol–water partition coefficient (Wildman–Crippen LogP) is 2.30. The smallest absolute Gasteiger partial charge is 0.191 e. The van der Waals surface area contributed by atoms with Gasteiger partial charge in [0.25, 0.3) is 0 Å². The van der Waals surface area contributed by atoms with Crippen LogP contribution in [0.2, 0.25) is 0 Å². The first kappa shape index (κ1) is 12.3. The quantitative estimate of drug-likeness (QED) is 0.826. The van der Waals surface area contributed by atoms with Gasteiger partial charge in [0, 0.05) is 17.6 Å². The van der Waals surface area contributed by atoms with Crippen molar-refractivity contribution < 1.29 is 14.7 Å². The summed E-state index contributed by atoms with van der Waals surface area (Å²) in [5.41, 5.74) is -1.14. The maximum Gasteiger partial charge on any atom is 0.191 e. The molecule has 1 saturated carbocycles. The van der Waals surface area contributed by atoms with E-state index < -0.39 is 11.0 Å². The first-order chi connectivity index (χ1) is 8.99. The number of hydrogen-bond donors (Lipinski definition) is 1. The van der Waals surface area contributed by atoms with E-state index in [2.05, 4.69) is 0 Å². The van der Waals surface area contributed by atoms with Gasteiger partial charge < -0.3 is 5.11 Å². The molecule has 1 aromatic rings. The van der Waals surface area contributed by atoms with E-state index in [0.717, 1.165) is 0 Å². The number of Topliss-reactive ketones (excluding diaryl/α,β-unsaturated/α-hetero) is 2. The van der Waals surface area contributed by atoms with E-state index in [1.54, 1.807) is 37.3 Å². The highest BCUT2D eigenvalue weighted by Crippen LogP contribution is 2.55. The van der Waals surface area contributed by atoms with E-state index in [0.29, 0.717) is 30.4 Å². The van der Waals surface area contributed by atoms with Gasteiger partial charge in [-0.2, -0.15) is 0 Å². The number of fused-ring (bicyclic) bond motifs is 1. The zero-order valence-electron chi connectivity index (χ0n) is 10.8. The fourth-order valence-electron chi connectivity index (χ4n) is 3.29. The van der Waals surface area contributed by atoms with Gasteiger partial charge in [0.05, 0.1) is 5.41 Å². The Hall–Kier alpha value is -1.74. The molecule has 1 aromatic carbocycles. The van der Waals surface area contributed by atoms with Crippen molar-refractivity contribution in [3.05, 3.63) is 47.5 Å². The number of benzene rings is 1. The molecular weight excluding hydrogens is 240 g/mol. The second-order valence-electron chi connectivity index (χ2n) is 5.63. The van der Waals surface area contributed by atoms with Crippen LogP contribution in [0.5, 0.6) is 0 Å². The number of aliphatic hydroxyl groups is 1. The maximum atomic E-state index is 12.5. The van der Waals surface area contributed by atoms with Crippen LogP contribution in [0.15, 0.2) is 42.0 Å². The van der Waals surface area contributed by atoms with E-state index in [-0.39, 0.29) is 11.6 Å². The van der Waals surface area contributed by atoms with Gasteiger partial charge in [0.1, 0.15) is 11.4 Å². The van der Waals surface area contributed by atoms with Crippen LogP contribution < -0.4 is 0 Å². The lowest BCUT2D eigenvalue weighted by atomic mass is 9.74. The molecule has 98 valence electrons. The first-order valence-electron chi connectivity index (χ1n) is 6.55. The summed E-state index contributed by atoms with van der Waals surface area (Å²) < 4.78 is 0. The van der Waals surface area contributed by atoms with E-state index in [4.69, 9.17) is 0 Å². The van der Waals surface area contributed by atoms with E-state index >= 15 is 0 Å². The molecule has 19 heavy (non-hydrogen) atoms. The highest BCUT2D eigenvalue weighted by Gasteiger charge is 2.61. The lowest BCUT2D eigenvalue weighted by Gasteiger charge is -2.33. The molecule has 0 amide bonds. The third-order valence-corrected chi connectivity index (χ3v) is 4.68. The normalized spacial score (nSPS) is 33.2. The Morgan fingerprint density at radius 3 is 2.63 bits per heavy atom. The molecule has 0 bridgehead atoms. The molecule has 1 fully saturated rings. The maximum absolute atomic E-state index is 12.5. The van der Waals surface area contributed by atoms with E-state index in [9.17, 15) is 14.7 Å². The summed E-state index contributed by atoms with van der Waals surface area (Å²) in [6.07, 6.45) is 2.90. The average molecular weight is 256 g/mol. The van der Waals surface area contributed by atoms with Gasteiger partial charge in [-0.15, -0.1) is 0 Å². The number of carbonyl (C=O) groups excluding carboxylic acids is 2. The molecule has 2 atom stereocenters. The van der Waals surface area contributed by atoms with Crippen LogP contribution in [0.3, 0.4) is 0 Å². The van der Waals surface area contributed by atoms with Crippen molar-refractivity contribution in [1.29, 1.82) is 0 Å². The second kappa shape index (κ2) is 3.87. The molecule has 0 aromatic heterocycles. The molecule has 0 heterocycles. The molecule has 0 radical (unpaired) electrons. The number of rotatable bonds is 2. The monoisotopic (exact) mass is 256 g/mol. The summed E-state index contributed by atoms with van der Waals surface area (Å²) >= 11 is 0. The molecule has 3 rings (SSSR count). The number of allylic oxidation sites excluding steroid dienone is 1. The zero-order valence-corrected chi connectivity index (χ0v) is 10.8. The number of ketones is 2. The molecule has 3 heteroatoms. The van der Waals surface area contributed by atoms with Gasteiger partial charge in [-0.05, 0) is 19.8 Å². The van der Waals surface area contributed by atoms with Crippen LogP contribution in [0.4, 0.5) is 0 Å². The van der Waals surface area contributed by atoms with Crippen LogP contribution in [0.1, 0.15) is 36.5 Å². The van der Waals surface area contributed by atoms with Crippen LogP contribution in [0.25, 0.3) is 0 Å². The standard InChI is InChI=1S/C16H16O3/c1-15-9-7-12(16(15,19)10-8-13(15)17)14(18)11-5-3-2-4-6-11/h2-7,19H,8-10H2,1H3/t15-,16+/m1/s1. The second-order valence-corrected chi connectivity index (χ2v) is 5.63. The Morgan fingerprint density at radius 1 is 1.26 bits per heavy atom. The Kier molecular flexibility index (Phi) is 2.51. The van der Waals surface area contributed by atoms with Gasteiger partial charge >= 0.3 is 0 Å². The summed E-state index contributed by atoms with van der Waals surface area (Å²) in [4.78, 5) is 24.5. The molecular formula is C16H16O3. The topological polar surface area (TPSA) is 54.4 Å². The Labute approximate surface area is 111 Å². The van der Waals surface area contributed by atoms with Crippen molar-refractivity contribution in [2.45, 2.75) is 31.8 Å². The van der Waals surface area contributed by atoms with Crippen molar-refractivity contribution in [1.82, 2.24) is 0 Å². The Bertz CT molecular complexity index is 587. The fourth-order valence-corrected chi connectivity index (χ4v) is 3.29. The summed E-state index contributed by atoms with van der Waals surface area (Å²) in [5.74, 6) is -0.108. The third-order valence-electron chi connectivity index (χ3n) is 4.68. The van der Waals surface area contributed by atoms with Crippen molar-refractivity contribution >= 4 is 11.6 Å². The minimum Gasteiger partial charge on any atom is -0.384 e. The van der Waals surface area contributed by atoms with Gasteiger partial charge in [0.15, 0.2) is 5.78 Å². The molecule has 0 aliphatic heterocycles. The summed E-state index contributed by atoms with van der Waals surface area (Å²) in [6, 6.07) is 8.91.